The fourth-order valence-electron chi connectivity index (χ4n) is 2.38. The molecule has 1 aliphatic heterocycles. The van der Waals surface area contributed by atoms with Gasteiger partial charge in [-0.1, -0.05) is 23.7 Å². The number of hydrogen-bond donors (Lipinski definition) is 1. The highest BCUT2D eigenvalue weighted by atomic mass is 35.5. The molecule has 0 saturated carbocycles. The van der Waals surface area contributed by atoms with E-state index >= 15 is 0 Å². The minimum absolute atomic E-state index is 0.0384. The van der Waals surface area contributed by atoms with Crippen molar-refractivity contribution in [3.63, 3.8) is 0 Å². The number of amides is 1. The molecule has 100 valence electrons. The summed E-state index contributed by atoms with van der Waals surface area (Å²) in [6.07, 6.45) is 0.324. The summed E-state index contributed by atoms with van der Waals surface area (Å²) in [6.45, 7) is 1.83. The molecule has 0 aromatic heterocycles. The number of carbonyl (C=O) groups is 2. The second kappa shape index (κ2) is 4.76. The van der Waals surface area contributed by atoms with Crippen molar-refractivity contribution in [2.45, 2.75) is 13.3 Å². The Morgan fingerprint density at radius 2 is 2.05 bits per heavy atom. The molecule has 2 aromatic carbocycles. The van der Waals surface area contributed by atoms with Crippen molar-refractivity contribution >= 4 is 29.0 Å². The topological polar surface area (TPSA) is 46.2 Å². The van der Waals surface area contributed by atoms with Gasteiger partial charge in [-0.2, -0.15) is 0 Å². The summed E-state index contributed by atoms with van der Waals surface area (Å²) in [7, 11) is 0. The van der Waals surface area contributed by atoms with Gasteiger partial charge in [-0.15, -0.1) is 0 Å². The van der Waals surface area contributed by atoms with Gasteiger partial charge >= 0.3 is 0 Å². The molecule has 3 rings (SSSR count). The fraction of sp³-hybridized carbons (Fsp3) is 0.125. The van der Waals surface area contributed by atoms with Gasteiger partial charge < -0.3 is 5.32 Å². The number of hydrogen-bond acceptors (Lipinski definition) is 2. The van der Waals surface area contributed by atoms with E-state index in [1.807, 2.05) is 6.92 Å². The first-order valence-electron chi connectivity index (χ1n) is 6.29. The van der Waals surface area contributed by atoms with Crippen LogP contribution in [-0.4, -0.2) is 11.7 Å². The van der Waals surface area contributed by atoms with Crippen molar-refractivity contribution in [2.24, 2.45) is 0 Å². The summed E-state index contributed by atoms with van der Waals surface area (Å²) in [5, 5.41) is 3.33. The Labute approximate surface area is 121 Å². The average Bonchev–Trinajstić information content (AvgIpc) is 2.80. The Hall–Kier alpha value is -2.13. The van der Waals surface area contributed by atoms with Crippen LogP contribution in [-0.2, 0) is 11.2 Å². The van der Waals surface area contributed by atoms with E-state index in [1.165, 1.54) is 0 Å². The molecule has 1 heterocycles. The predicted molar refractivity (Wildman–Crippen MR) is 78.4 cm³/mol. The Morgan fingerprint density at radius 1 is 1.25 bits per heavy atom. The molecule has 0 atom stereocenters. The standard InChI is InChI=1S/C16H12ClNO2/c1-9-12(3-2-4-13(9)17)16(20)10-5-6-14-11(7-10)8-15(19)18-14/h2-7H,8H2,1H3,(H,18,19). The van der Waals surface area contributed by atoms with Crippen LogP contribution >= 0.6 is 11.6 Å². The summed E-state index contributed by atoms with van der Waals surface area (Å²) in [5.41, 5.74) is 3.59. The van der Waals surface area contributed by atoms with Gasteiger partial charge in [0.2, 0.25) is 5.91 Å². The van der Waals surface area contributed by atoms with E-state index in [0.29, 0.717) is 22.6 Å². The van der Waals surface area contributed by atoms with E-state index in [9.17, 15) is 9.59 Å². The van der Waals surface area contributed by atoms with Crippen molar-refractivity contribution in [3.05, 3.63) is 63.7 Å². The molecule has 0 saturated heterocycles. The van der Waals surface area contributed by atoms with Gasteiger partial charge in [-0.25, -0.2) is 0 Å². The Bertz CT molecular complexity index is 737. The Kier molecular flexibility index (Phi) is 3.07. The molecule has 0 unspecified atom stereocenters. The molecule has 2 aromatic rings. The molecule has 0 fully saturated rings. The SMILES string of the molecule is Cc1c(Cl)cccc1C(=O)c1ccc2c(c1)CC(=O)N2. The molecule has 1 N–H and O–H groups in total. The molecular formula is C16H12ClNO2. The van der Waals surface area contributed by atoms with Gasteiger partial charge in [0.05, 0.1) is 6.42 Å². The number of anilines is 1. The zero-order valence-electron chi connectivity index (χ0n) is 10.9. The van der Waals surface area contributed by atoms with E-state index in [1.54, 1.807) is 36.4 Å². The van der Waals surface area contributed by atoms with Gasteiger partial charge in [0.25, 0.3) is 0 Å². The van der Waals surface area contributed by atoms with E-state index in [0.717, 1.165) is 16.8 Å². The van der Waals surface area contributed by atoms with Crippen LogP contribution in [0, 0.1) is 6.92 Å². The highest BCUT2D eigenvalue weighted by Gasteiger charge is 2.20. The largest absolute Gasteiger partial charge is 0.326 e. The lowest BCUT2D eigenvalue weighted by Crippen LogP contribution is -2.04. The van der Waals surface area contributed by atoms with Crippen LogP contribution in [0.25, 0.3) is 0 Å². The number of fused-ring (bicyclic) bond motifs is 1. The second-order valence-corrected chi connectivity index (χ2v) is 5.25. The summed E-state index contributed by atoms with van der Waals surface area (Å²) < 4.78 is 0. The monoisotopic (exact) mass is 285 g/mol. The molecule has 1 amide bonds. The Morgan fingerprint density at radius 3 is 2.85 bits per heavy atom. The first-order chi connectivity index (χ1) is 9.56. The number of nitrogens with one attached hydrogen (secondary N) is 1. The van der Waals surface area contributed by atoms with E-state index in [2.05, 4.69) is 5.32 Å². The first-order valence-corrected chi connectivity index (χ1v) is 6.66. The minimum Gasteiger partial charge on any atom is -0.326 e. The number of benzene rings is 2. The number of halogens is 1. The van der Waals surface area contributed by atoms with Crippen LogP contribution in [0.1, 0.15) is 27.0 Å². The minimum atomic E-state index is -0.0767. The molecule has 0 bridgehead atoms. The summed E-state index contributed by atoms with van der Waals surface area (Å²) in [6, 6.07) is 10.6. The summed E-state index contributed by atoms with van der Waals surface area (Å²) in [4.78, 5) is 23.9. The van der Waals surface area contributed by atoms with Gasteiger partial charge in [0.15, 0.2) is 5.78 Å². The molecule has 0 spiro atoms. The zero-order valence-corrected chi connectivity index (χ0v) is 11.6. The van der Waals surface area contributed by atoms with Gasteiger partial charge in [0, 0.05) is 21.8 Å². The Balaban J connectivity index is 2.02. The summed E-state index contributed by atoms with van der Waals surface area (Å²) >= 11 is 6.05. The van der Waals surface area contributed by atoms with Crippen molar-refractivity contribution < 1.29 is 9.59 Å². The highest BCUT2D eigenvalue weighted by Crippen LogP contribution is 2.26. The number of rotatable bonds is 2. The lowest BCUT2D eigenvalue weighted by atomic mass is 9.97. The normalized spacial score (nSPS) is 13.0. The van der Waals surface area contributed by atoms with Gasteiger partial charge in [-0.05, 0) is 42.3 Å². The quantitative estimate of drug-likeness (QED) is 0.860. The molecule has 1 aliphatic rings. The third kappa shape index (κ3) is 2.10. The van der Waals surface area contributed by atoms with Crippen molar-refractivity contribution in [1.29, 1.82) is 0 Å². The molecule has 0 radical (unpaired) electrons. The van der Waals surface area contributed by atoms with E-state index in [4.69, 9.17) is 11.6 Å². The smallest absolute Gasteiger partial charge is 0.228 e. The molecule has 3 nitrogen and oxygen atoms in total. The average molecular weight is 286 g/mol. The third-order valence-corrected chi connectivity index (χ3v) is 3.91. The number of carbonyl (C=O) groups excluding carboxylic acids is 2. The van der Waals surface area contributed by atoms with E-state index in [-0.39, 0.29) is 11.7 Å². The van der Waals surface area contributed by atoms with Crippen molar-refractivity contribution in [3.8, 4) is 0 Å². The predicted octanol–water partition coefficient (Wildman–Crippen LogP) is 3.37. The van der Waals surface area contributed by atoms with Gasteiger partial charge in [-0.3, -0.25) is 9.59 Å². The third-order valence-electron chi connectivity index (χ3n) is 3.50. The lowest BCUT2D eigenvalue weighted by Gasteiger charge is -2.07. The summed E-state index contributed by atoms with van der Waals surface area (Å²) in [5.74, 6) is -0.115. The molecule has 4 heteroatoms. The maximum atomic E-state index is 12.5. The van der Waals surface area contributed by atoms with E-state index < -0.39 is 0 Å². The number of ketones is 1. The van der Waals surface area contributed by atoms with Crippen molar-refractivity contribution in [1.82, 2.24) is 0 Å². The lowest BCUT2D eigenvalue weighted by molar-refractivity contribution is -0.115. The molecule has 20 heavy (non-hydrogen) atoms. The fourth-order valence-corrected chi connectivity index (χ4v) is 2.55. The first kappa shape index (κ1) is 12.9. The van der Waals surface area contributed by atoms with Crippen LogP contribution in [0.4, 0.5) is 5.69 Å². The van der Waals surface area contributed by atoms with Crippen LogP contribution < -0.4 is 5.32 Å². The van der Waals surface area contributed by atoms with Crippen LogP contribution in [0.15, 0.2) is 36.4 Å². The molecule has 0 aliphatic carbocycles. The van der Waals surface area contributed by atoms with Crippen LogP contribution in [0.3, 0.4) is 0 Å². The van der Waals surface area contributed by atoms with Crippen molar-refractivity contribution in [2.75, 3.05) is 5.32 Å². The highest BCUT2D eigenvalue weighted by molar-refractivity contribution is 6.32. The van der Waals surface area contributed by atoms with Gasteiger partial charge in [0.1, 0.15) is 0 Å². The van der Waals surface area contributed by atoms with Crippen LogP contribution in [0.2, 0.25) is 5.02 Å². The second-order valence-electron chi connectivity index (χ2n) is 4.84. The maximum absolute atomic E-state index is 12.5. The zero-order chi connectivity index (χ0) is 14.3. The maximum Gasteiger partial charge on any atom is 0.228 e. The molecular weight excluding hydrogens is 274 g/mol. The van der Waals surface area contributed by atoms with Crippen LogP contribution in [0.5, 0.6) is 0 Å².